The molecule has 0 bridgehead atoms. The number of ether oxygens (including phenoxy) is 1. The highest BCUT2D eigenvalue weighted by molar-refractivity contribution is 7.07. The van der Waals surface area contributed by atoms with Crippen LogP contribution in [0.15, 0.2) is 81.7 Å². The summed E-state index contributed by atoms with van der Waals surface area (Å²) in [5.74, 6) is -1.88. The normalized spacial score (nSPS) is 17.8. The van der Waals surface area contributed by atoms with Crippen LogP contribution in [-0.2, 0) is 24.0 Å². The molecule has 1 aromatic heterocycles. The van der Waals surface area contributed by atoms with Crippen LogP contribution in [0.1, 0.15) is 37.9 Å². The Morgan fingerprint density at radius 1 is 1.08 bits per heavy atom. The van der Waals surface area contributed by atoms with Gasteiger partial charge in [0.25, 0.3) is 11.5 Å². The minimum absolute atomic E-state index is 0.107. The second-order valence-corrected chi connectivity index (χ2v) is 9.49. The molecule has 1 amide bonds. The monoisotopic (exact) mass is 529 g/mol. The SMILES string of the molecule is CCOC(=O)C1=C(C)N=c2s/c(=C3\C(=O)N(OC(C)=O)c4ccccc43)c(=O)n2[C@@H]1/C=C/c1ccccc1. The smallest absolute Gasteiger partial charge is 0.338 e. The number of carbonyl (C=O) groups is 3. The van der Waals surface area contributed by atoms with E-state index in [1.807, 2.05) is 36.4 Å². The predicted molar refractivity (Wildman–Crippen MR) is 141 cm³/mol. The molecule has 0 saturated carbocycles. The number of allylic oxidation sites excluding steroid dienone is 2. The number of nitrogens with zero attached hydrogens (tertiary/aromatic N) is 3. The highest BCUT2D eigenvalue weighted by atomic mass is 32.1. The molecule has 3 aromatic rings. The summed E-state index contributed by atoms with van der Waals surface area (Å²) < 4.78 is 6.82. The molecule has 9 nitrogen and oxygen atoms in total. The number of fused-ring (bicyclic) bond motifs is 2. The number of thiazole rings is 1. The number of hydrogen-bond acceptors (Lipinski definition) is 8. The van der Waals surface area contributed by atoms with Crippen LogP contribution in [0.3, 0.4) is 0 Å². The lowest BCUT2D eigenvalue weighted by Gasteiger charge is -2.21. The summed E-state index contributed by atoms with van der Waals surface area (Å²) in [4.78, 5) is 62.1. The highest BCUT2D eigenvalue weighted by Gasteiger charge is 2.38. The fourth-order valence-electron chi connectivity index (χ4n) is 4.46. The molecular weight excluding hydrogens is 506 g/mol. The van der Waals surface area contributed by atoms with Crippen LogP contribution in [0, 0.1) is 0 Å². The molecule has 10 heteroatoms. The minimum atomic E-state index is -0.809. The summed E-state index contributed by atoms with van der Waals surface area (Å²) in [5.41, 5.74) is 1.97. The first-order chi connectivity index (χ1) is 18.3. The van der Waals surface area contributed by atoms with Gasteiger partial charge in [0.15, 0.2) is 4.80 Å². The maximum Gasteiger partial charge on any atom is 0.338 e. The van der Waals surface area contributed by atoms with Crippen molar-refractivity contribution in [3.05, 3.63) is 103 Å². The molecule has 0 unspecified atom stereocenters. The fourth-order valence-corrected chi connectivity index (χ4v) is 5.61. The van der Waals surface area contributed by atoms with E-state index >= 15 is 0 Å². The Labute approximate surface area is 221 Å². The van der Waals surface area contributed by atoms with E-state index in [-0.39, 0.29) is 22.3 Å². The molecule has 0 fully saturated rings. The first-order valence-corrected chi connectivity index (χ1v) is 12.7. The quantitative estimate of drug-likeness (QED) is 0.471. The number of hydroxylamine groups is 1. The number of hydrogen-bond donors (Lipinski definition) is 0. The van der Waals surface area contributed by atoms with Gasteiger partial charge >= 0.3 is 11.9 Å². The first-order valence-electron chi connectivity index (χ1n) is 11.9. The topological polar surface area (TPSA) is 107 Å². The Morgan fingerprint density at radius 2 is 1.79 bits per heavy atom. The second kappa shape index (κ2) is 10.1. The molecule has 3 heterocycles. The van der Waals surface area contributed by atoms with Crippen molar-refractivity contribution in [1.29, 1.82) is 0 Å². The molecule has 5 rings (SSSR count). The van der Waals surface area contributed by atoms with Crippen LogP contribution in [0.2, 0.25) is 0 Å². The van der Waals surface area contributed by atoms with Gasteiger partial charge in [-0.3, -0.25) is 14.2 Å². The van der Waals surface area contributed by atoms with Gasteiger partial charge in [0.05, 0.1) is 35.2 Å². The van der Waals surface area contributed by atoms with E-state index < -0.39 is 29.4 Å². The number of para-hydroxylation sites is 1. The lowest BCUT2D eigenvalue weighted by atomic mass is 10.0. The van der Waals surface area contributed by atoms with Gasteiger partial charge in [-0.2, -0.15) is 0 Å². The molecule has 2 aliphatic rings. The summed E-state index contributed by atoms with van der Waals surface area (Å²) in [6.07, 6.45) is 3.57. The molecule has 192 valence electrons. The van der Waals surface area contributed by atoms with Gasteiger partial charge in [0.1, 0.15) is 4.53 Å². The number of esters is 1. The predicted octanol–water partition coefficient (Wildman–Crippen LogP) is 2.66. The highest BCUT2D eigenvalue weighted by Crippen LogP contribution is 2.35. The summed E-state index contributed by atoms with van der Waals surface area (Å²) in [7, 11) is 0. The van der Waals surface area contributed by atoms with E-state index in [0.29, 0.717) is 21.7 Å². The average Bonchev–Trinajstić information content (AvgIpc) is 3.35. The zero-order valence-electron chi connectivity index (χ0n) is 20.8. The van der Waals surface area contributed by atoms with E-state index in [1.165, 1.54) is 11.5 Å². The van der Waals surface area contributed by atoms with Gasteiger partial charge in [0, 0.05) is 12.5 Å². The standard InChI is InChI=1S/C28H23N3O6S/c1-4-36-27(35)22-16(2)29-28-30(21(22)15-14-18-10-6-5-7-11-18)26(34)24(38-28)23-19-12-8-9-13-20(19)31(25(23)33)37-17(3)32/h5-15,21H,4H2,1-3H3/b15-14+,24-23-/t21-/m1/s1. The molecule has 38 heavy (non-hydrogen) atoms. The third kappa shape index (κ3) is 4.28. The number of carbonyl (C=O) groups excluding carboxylic acids is 3. The third-order valence-electron chi connectivity index (χ3n) is 6.04. The summed E-state index contributed by atoms with van der Waals surface area (Å²) in [6.45, 7) is 4.75. The first kappa shape index (κ1) is 25.1. The Balaban J connectivity index is 1.74. The van der Waals surface area contributed by atoms with Crippen molar-refractivity contribution in [2.24, 2.45) is 4.99 Å². The van der Waals surface area contributed by atoms with Crippen LogP contribution in [0.25, 0.3) is 11.6 Å². The van der Waals surface area contributed by atoms with Crippen LogP contribution in [0.4, 0.5) is 5.69 Å². The van der Waals surface area contributed by atoms with Crippen LogP contribution >= 0.6 is 11.3 Å². The average molecular weight is 530 g/mol. The van der Waals surface area contributed by atoms with Crippen molar-refractivity contribution in [3.63, 3.8) is 0 Å². The van der Waals surface area contributed by atoms with Crippen molar-refractivity contribution in [3.8, 4) is 0 Å². The Morgan fingerprint density at radius 3 is 2.50 bits per heavy atom. The summed E-state index contributed by atoms with van der Waals surface area (Å²) in [5, 5.41) is 0.896. The minimum Gasteiger partial charge on any atom is -0.463 e. The molecule has 2 aliphatic heterocycles. The fraction of sp³-hybridized carbons (Fsp3) is 0.179. The number of rotatable bonds is 5. The molecule has 0 radical (unpaired) electrons. The molecule has 0 spiro atoms. The van der Waals surface area contributed by atoms with E-state index in [4.69, 9.17) is 9.57 Å². The van der Waals surface area contributed by atoms with Gasteiger partial charge in [-0.1, -0.05) is 72.0 Å². The van der Waals surface area contributed by atoms with Gasteiger partial charge in [-0.05, 0) is 25.5 Å². The number of benzene rings is 2. The second-order valence-electron chi connectivity index (χ2n) is 8.51. The Bertz CT molecular complexity index is 1710. The van der Waals surface area contributed by atoms with Crippen LogP contribution in [-0.4, -0.2) is 29.0 Å². The largest absolute Gasteiger partial charge is 0.463 e. The van der Waals surface area contributed by atoms with E-state index in [1.54, 1.807) is 44.2 Å². The van der Waals surface area contributed by atoms with E-state index in [9.17, 15) is 19.2 Å². The number of anilines is 1. The van der Waals surface area contributed by atoms with Gasteiger partial charge < -0.3 is 9.57 Å². The molecule has 2 aromatic carbocycles. The van der Waals surface area contributed by atoms with Crippen molar-refractivity contribution in [1.82, 2.24) is 4.57 Å². The Hall–Kier alpha value is -4.57. The van der Waals surface area contributed by atoms with E-state index in [2.05, 4.69) is 4.99 Å². The van der Waals surface area contributed by atoms with Crippen LogP contribution in [0.5, 0.6) is 0 Å². The lowest BCUT2D eigenvalue weighted by Crippen LogP contribution is -2.40. The third-order valence-corrected chi connectivity index (χ3v) is 7.10. The molecule has 0 saturated heterocycles. The molecular formula is C28H23N3O6S. The Kier molecular flexibility index (Phi) is 6.64. The summed E-state index contributed by atoms with van der Waals surface area (Å²) >= 11 is 1.04. The zero-order chi connectivity index (χ0) is 27.0. The maximum atomic E-state index is 13.9. The lowest BCUT2D eigenvalue weighted by molar-refractivity contribution is -0.146. The van der Waals surface area contributed by atoms with Crippen molar-refractivity contribution in [2.75, 3.05) is 11.7 Å². The van der Waals surface area contributed by atoms with Gasteiger partial charge in [0.2, 0.25) is 0 Å². The van der Waals surface area contributed by atoms with Gasteiger partial charge in [-0.25, -0.2) is 14.6 Å². The molecule has 1 atom stereocenters. The molecule has 0 aliphatic carbocycles. The van der Waals surface area contributed by atoms with Crippen molar-refractivity contribution < 1.29 is 24.0 Å². The van der Waals surface area contributed by atoms with E-state index in [0.717, 1.165) is 22.0 Å². The zero-order valence-corrected chi connectivity index (χ0v) is 21.7. The summed E-state index contributed by atoms with van der Waals surface area (Å²) in [6, 6.07) is 15.4. The van der Waals surface area contributed by atoms with Crippen molar-refractivity contribution in [2.45, 2.75) is 26.8 Å². The van der Waals surface area contributed by atoms with Gasteiger partial charge in [-0.15, -0.1) is 5.06 Å². The maximum absolute atomic E-state index is 13.9. The number of amides is 1. The van der Waals surface area contributed by atoms with Crippen molar-refractivity contribution >= 4 is 46.5 Å². The van der Waals surface area contributed by atoms with Crippen LogP contribution < -0.4 is 20.0 Å². The number of aromatic nitrogens is 1. The molecule has 0 N–H and O–H groups in total.